The third-order valence-electron chi connectivity index (χ3n) is 2.46. The Labute approximate surface area is 164 Å². The normalized spacial score (nSPS) is 10.6. The standard InChI is InChI=1S/C6H15N4.C6H12NO2.C2H2O4.Co/c7-1-4-10(5-2-8)6-3-9;1-4(2)3-5(7)6(8)9;3-1(4)2(5)6;/h7-9H,1-6H2;4-5,7H,3H2,1-2H3,(H,8,9);(H,3,4)(H,5,6);/q-3;-1;;+3/p-1. The summed E-state index contributed by atoms with van der Waals surface area (Å²) in [6, 6.07) is -1.05. The summed E-state index contributed by atoms with van der Waals surface area (Å²) in [7, 11) is 0. The molecule has 0 fully saturated rings. The third kappa shape index (κ3) is 27.6. The molecule has 12 heteroatoms. The van der Waals surface area contributed by atoms with Gasteiger partial charge in [0.15, 0.2) is 0 Å². The molecule has 0 aliphatic carbocycles. The molecule has 11 nitrogen and oxygen atoms in total. The first-order valence-corrected chi connectivity index (χ1v) is 7.57. The van der Waals surface area contributed by atoms with Crippen LogP contribution in [0.4, 0.5) is 0 Å². The smallest absolute Gasteiger partial charge is 0.676 e. The number of hydrogen-bond acceptors (Lipinski definition) is 5. The van der Waals surface area contributed by atoms with Crippen LogP contribution in [-0.2, 0) is 31.2 Å². The molecule has 0 aromatic carbocycles. The van der Waals surface area contributed by atoms with Gasteiger partial charge in [-0.3, -0.25) is 0 Å². The number of carboxylic acid groups (broad SMARTS) is 3. The van der Waals surface area contributed by atoms with Crippen LogP contribution < -0.4 is 5.11 Å². The monoisotopic (exact) mass is 421 g/mol. The van der Waals surface area contributed by atoms with Crippen LogP contribution in [0.25, 0.3) is 22.9 Å². The molecule has 0 bridgehead atoms. The van der Waals surface area contributed by atoms with Crippen LogP contribution in [-0.4, -0.2) is 78.3 Å². The summed E-state index contributed by atoms with van der Waals surface area (Å²) < 4.78 is 0. The Morgan fingerprint density at radius 3 is 1.35 bits per heavy atom. The Morgan fingerprint density at radius 1 is 0.923 bits per heavy atom. The van der Waals surface area contributed by atoms with Crippen molar-refractivity contribution in [1.82, 2.24) is 4.90 Å². The maximum Gasteiger partial charge on any atom is 3.00 e. The van der Waals surface area contributed by atoms with Crippen LogP contribution in [0.1, 0.15) is 20.3 Å². The van der Waals surface area contributed by atoms with Gasteiger partial charge in [-0.15, -0.1) is 19.6 Å². The van der Waals surface area contributed by atoms with E-state index in [1.54, 1.807) is 0 Å². The third-order valence-corrected chi connectivity index (χ3v) is 2.46. The van der Waals surface area contributed by atoms with E-state index in [1.165, 1.54) is 0 Å². The molecule has 26 heavy (non-hydrogen) atoms. The molecule has 0 aromatic rings. The zero-order valence-corrected chi connectivity index (χ0v) is 16.0. The summed E-state index contributed by atoms with van der Waals surface area (Å²) in [5.74, 6) is -4.67. The fourth-order valence-electron chi connectivity index (χ4n) is 1.38. The minimum atomic E-state index is -1.82. The Hall–Kier alpha value is -1.28. The summed E-state index contributed by atoms with van der Waals surface area (Å²) >= 11 is 0. The Bertz CT molecular complexity index is 347. The topological polar surface area (TPSA) is 213 Å². The zero-order chi connectivity index (χ0) is 20.4. The van der Waals surface area contributed by atoms with Crippen molar-refractivity contribution in [2.24, 2.45) is 5.92 Å². The van der Waals surface area contributed by atoms with E-state index in [0.29, 0.717) is 45.7 Å². The summed E-state index contributed by atoms with van der Waals surface area (Å²) in [6.45, 7) is 7.00. The van der Waals surface area contributed by atoms with Crippen LogP contribution in [0, 0.1) is 5.92 Å². The van der Waals surface area contributed by atoms with Crippen LogP contribution in [0.15, 0.2) is 0 Å². The molecule has 0 saturated heterocycles. The van der Waals surface area contributed by atoms with Crippen molar-refractivity contribution in [2.45, 2.75) is 26.3 Å². The maximum absolute atomic E-state index is 9.94. The fraction of sp³-hybridized carbons (Fsp3) is 0.786. The number of carbonyl (C=O) groups is 3. The molecule has 156 valence electrons. The van der Waals surface area contributed by atoms with Gasteiger partial charge in [0, 0.05) is 5.97 Å². The van der Waals surface area contributed by atoms with E-state index in [2.05, 4.69) is 0 Å². The van der Waals surface area contributed by atoms with Gasteiger partial charge in [0.1, 0.15) is 0 Å². The zero-order valence-electron chi connectivity index (χ0n) is 14.9. The molecule has 1 unspecified atom stereocenters. The van der Waals surface area contributed by atoms with Gasteiger partial charge in [-0.25, -0.2) is 9.59 Å². The predicted octanol–water partition coefficient (Wildman–Crippen LogP) is 0.801. The van der Waals surface area contributed by atoms with Crippen molar-refractivity contribution in [3.63, 3.8) is 0 Å². The van der Waals surface area contributed by atoms with E-state index in [1.807, 2.05) is 18.7 Å². The van der Waals surface area contributed by atoms with Gasteiger partial charge in [-0.05, 0) is 25.6 Å². The van der Waals surface area contributed by atoms with E-state index >= 15 is 0 Å². The molecule has 0 rings (SSSR count). The van der Waals surface area contributed by atoms with Crippen molar-refractivity contribution < 1.29 is 46.5 Å². The molecular weight excluding hydrogens is 393 g/mol. The van der Waals surface area contributed by atoms with Gasteiger partial charge in [0.25, 0.3) is 0 Å². The first-order valence-electron chi connectivity index (χ1n) is 7.57. The molecule has 0 aliphatic heterocycles. The minimum Gasteiger partial charge on any atom is -0.676 e. The molecule has 0 amide bonds. The molecule has 0 heterocycles. The van der Waals surface area contributed by atoms with E-state index in [4.69, 9.17) is 42.7 Å². The summed E-state index contributed by atoms with van der Waals surface area (Å²) in [5, 5.41) is 24.7. The number of nitrogens with zero attached hydrogens (tertiary/aromatic N) is 1. The van der Waals surface area contributed by atoms with Gasteiger partial charge >= 0.3 is 28.7 Å². The SMILES string of the molecule is CC(C)CC([NH-])C(=O)[O-].O=C(O)C(=O)O.[Co+3].[NH-]CCN(CC[NH-])CC[NH-]. The molecule has 0 radical (unpaired) electrons. The van der Waals surface area contributed by atoms with Crippen molar-refractivity contribution in [3.8, 4) is 0 Å². The average molecular weight is 421 g/mol. The molecular formula is C14H28CoN5O6-2. The largest absolute Gasteiger partial charge is 3.00 e. The van der Waals surface area contributed by atoms with Gasteiger partial charge in [-0.1, -0.05) is 26.3 Å². The van der Waals surface area contributed by atoms with Crippen molar-refractivity contribution in [2.75, 3.05) is 39.3 Å². The number of aliphatic carboxylic acids is 3. The summed E-state index contributed by atoms with van der Waals surface area (Å²) in [5.41, 5.74) is 27.7. The van der Waals surface area contributed by atoms with E-state index in [-0.39, 0.29) is 22.7 Å². The Balaban J connectivity index is -0.000000141. The van der Waals surface area contributed by atoms with Crippen molar-refractivity contribution in [3.05, 3.63) is 22.9 Å². The maximum atomic E-state index is 9.94. The first-order chi connectivity index (χ1) is 11.5. The number of carboxylic acids is 3. The van der Waals surface area contributed by atoms with Crippen LogP contribution in [0.2, 0.25) is 0 Å². The van der Waals surface area contributed by atoms with E-state index < -0.39 is 23.9 Å². The molecule has 1 atom stereocenters. The number of hydrogen-bond donors (Lipinski definition) is 2. The second-order valence-electron chi connectivity index (χ2n) is 5.20. The molecule has 6 N–H and O–H groups in total. The van der Waals surface area contributed by atoms with Gasteiger partial charge < -0.3 is 47.9 Å². The van der Waals surface area contributed by atoms with Crippen molar-refractivity contribution in [1.29, 1.82) is 0 Å². The minimum absolute atomic E-state index is 0. The molecule has 0 aliphatic rings. The van der Waals surface area contributed by atoms with Gasteiger partial charge in [0.05, 0.1) is 0 Å². The Morgan fingerprint density at radius 2 is 1.23 bits per heavy atom. The Kier molecular flexibility index (Phi) is 27.1. The van der Waals surface area contributed by atoms with Crippen LogP contribution in [0.5, 0.6) is 0 Å². The van der Waals surface area contributed by atoms with Gasteiger partial charge in [-0.2, -0.15) is 0 Å². The predicted molar refractivity (Wildman–Crippen MR) is 91.8 cm³/mol. The fourth-order valence-corrected chi connectivity index (χ4v) is 1.38. The second kappa shape index (κ2) is 21.8. The molecule has 0 spiro atoms. The summed E-state index contributed by atoms with van der Waals surface area (Å²) in [4.78, 5) is 30.1. The number of carbonyl (C=O) groups excluding carboxylic acids is 1. The van der Waals surface area contributed by atoms with E-state index in [9.17, 15) is 9.90 Å². The van der Waals surface area contributed by atoms with Crippen LogP contribution >= 0.6 is 0 Å². The number of nitrogens with one attached hydrogen (secondary N) is 4. The molecule has 0 aromatic heterocycles. The first kappa shape index (κ1) is 32.4. The average Bonchev–Trinajstić information content (AvgIpc) is 2.48. The summed E-state index contributed by atoms with van der Waals surface area (Å²) in [6.07, 6.45) is 0.377. The quantitative estimate of drug-likeness (QED) is 0.510. The molecule has 0 saturated carbocycles. The number of rotatable bonds is 9. The van der Waals surface area contributed by atoms with Crippen molar-refractivity contribution >= 4 is 17.9 Å². The van der Waals surface area contributed by atoms with Crippen LogP contribution in [0.3, 0.4) is 0 Å². The van der Waals surface area contributed by atoms with Gasteiger partial charge in [0.2, 0.25) is 0 Å². The second-order valence-corrected chi connectivity index (χ2v) is 5.20. The van der Waals surface area contributed by atoms with E-state index in [0.717, 1.165) is 0 Å².